The van der Waals surface area contributed by atoms with E-state index in [1.54, 1.807) is 12.4 Å². The molecule has 0 fully saturated rings. The second kappa shape index (κ2) is 5.44. The summed E-state index contributed by atoms with van der Waals surface area (Å²) in [6, 6.07) is 14.1. The maximum atomic E-state index is 4.43. The van der Waals surface area contributed by atoms with Gasteiger partial charge in [-0.15, -0.1) is 10.2 Å². The Balaban J connectivity index is 1.57. The average molecular weight is 249 g/mol. The van der Waals surface area contributed by atoms with Gasteiger partial charge in [-0.05, 0) is 24.1 Å². The van der Waals surface area contributed by atoms with E-state index in [-0.39, 0.29) is 0 Å². The Bertz CT molecular complexity index is 603. The molecule has 1 aliphatic heterocycles. The van der Waals surface area contributed by atoms with Crippen molar-refractivity contribution in [3.05, 3.63) is 66.0 Å². The zero-order valence-electron chi connectivity index (χ0n) is 10.4. The van der Waals surface area contributed by atoms with Crippen molar-refractivity contribution < 1.29 is 0 Å². The topological polar surface area (TPSA) is 51.7 Å². The van der Waals surface area contributed by atoms with Gasteiger partial charge in [0.1, 0.15) is 0 Å². The molecule has 1 aromatic carbocycles. The Hall–Kier alpha value is -2.49. The van der Waals surface area contributed by atoms with Crippen LogP contribution in [0.1, 0.15) is 17.5 Å². The lowest BCUT2D eigenvalue weighted by Gasteiger charge is -2.02. The maximum Gasteiger partial charge on any atom is 0.185 e. The first-order valence-electron chi connectivity index (χ1n) is 6.22. The van der Waals surface area contributed by atoms with E-state index >= 15 is 0 Å². The highest BCUT2D eigenvalue weighted by molar-refractivity contribution is 6.11. The van der Waals surface area contributed by atoms with Crippen LogP contribution in [0.4, 0.5) is 0 Å². The monoisotopic (exact) mass is 249 g/mol. The van der Waals surface area contributed by atoms with Crippen LogP contribution in [0.3, 0.4) is 0 Å². The van der Waals surface area contributed by atoms with Crippen LogP contribution in [0.5, 0.6) is 0 Å². The van der Waals surface area contributed by atoms with E-state index in [4.69, 9.17) is 0 Å². The number of rotatable bonds is 4. The van der Waals surface area contributed by atoms with Crippen molar-refractivity contribution in [2.24, 2.45) is 10.2 Å². The molecule has 0 saturated carbocycles. The van der Waals surface area contributed by atoms with E-state index in [9.17, 15) is 0 Å². The molecule has 1 aliphatic rings. The summed E-state index contributed by atoms with van der Waals surface area (Å²) in [6.07, 6.45) is 5.21. The first kappa shape index (κ1) is 11.6. The molecule has 0 spiro atoms. The fourth-order valence-electron chi connectivity index (χ4n) is 1.90. The molecule has 0 unspecified atom stereocenters. The Morgan fingerprint density at radius 1 is 0.842 bits per heavy atom. The summed E-state index contributed by atoms with van der Waals surface area (Å²) in [6.45, 7) is 0. The standard InChI is InChI=1S/C15H13N4/c1-2-5-12(6-3-1)8-9-14-17-15(19-18-14)13-7-4-10-16-11-13/h1-7,10-11H,8-9H2. The highest BCUT2D eigenvalue weighted by Crippen LogP contribution is 2.08. The lowest BCUT2D eigenvalue weighted by molar-refractivity contribution is 1.01. The Kier molecular flexibility index (Phi) is 3.32. The first-order chi connectivity index (χ1) is 9.42. The number of nitrogens with zero attached hydrogens (tertiary/aromatic N) is 4. The van der Waals surface area contributed by atoms with Gasteiger partial charge in [0.05, 0.1) is 0 Å². The Labute approximate surface area is 111 Å². The summed E-state index contributed by atoms with van der Waals surface area (Å²) in [7, 11) is 0. The van der Waals surface area contributed by atoms with Crippen LogP contribution >= 0.6 is 0 Å². The fourth-order valence-corrected chi connectivity index (χ4v) is 1.90. The molecule has 19 heavy (non-hydrogen) atoms. The predicted molar refractivity (Wildman–Crippen MR) is 75.1 cm³/mol. The normalized spacial score (nSPS) is 13.7. The highest BCUT2D eigenvalue weighted by Gasteiger charge is 2.15. The zero-order valence-corrected chi connectivity index (χ0v) is 10.4. The smallest absolute Gasteiger partial charge is 0.185 e. The van der Waals surface area contributed by atoms with Gasteiger partial charge in [-0.3, -0.25) is 4.98 Å². The Morgan fingerprint density at radius 3 is 2.53 bits per heavy atom. The second-order valence-corrected chi connectivity index (χ2v) is 4.28. The average Bonchev–Trinajstić information content (AvgIpc) is 2.96. The molecular formula is C15H13N4. The summed E-state index contributed by atoms with van der Waals surface area (Å²) in [5.74, 6) is 1.43. The van der Waals surface area contributed by atoms with Crippen LogP contribution < -0.4 is 5.32 Å². The number of benzene rings is 1. The number of aromatic nitrogens is 1. The number of pyridine rings is 1. The summed E-state index contributed by atoms with van der Waals surface area (Å²) >= 11 is 0. The quantitative estimate of drug-likeness (QED) is 0.820. The van der Waals surface area contributed by atoms with Gasteiger partial charge in [0.15, 0.2) is 11.7 Å². The third-order valence-corrected chi connectivity index (χ3v) is 2.89. The molecule has 3 rings (SSSR count). The van der Waals surface area contributed by atoms with Crippen molar-refractivity contribution in [2.75, 3.05) is 0 Å². The van der Waals surface area contributed by atoms with E-state index in [0.717, 1.165) is 24.2 Å². The summed E-state index contributed by atoms with van der Waals surface area (Å²) in [4.78, 5) is 4.06. The van der Waals surface area contributed by atoms with Crippen molar-refractivity contribution in [1.82, 2.24) is 10.3 Å². The summed E-state index contributed by atoms with van der Waals surface area (Å²) < 4.78 is 0. The van der Waals surface area contributed by atoms with Gasteiger partial charge in [0.25, 0.3) is 0 Å². The highest BCUT2D eigenvalue weighted by atomic mass is 15.3. The maximum absolute atomic E-state index is 4.43. The van der Waals surface area contributed by atoms with Crippen molar-refractivity contribution in [2.45, 2.75) is 12.8 Å². The molecule has 0 N–H and O–H groups in total. The van der Waals surface area contributed by atoms with Crippen LogP contribution in [-0.4, -0.2) is 16.7 Å². The van der Waals surface area contributed by atoms with Gasteiger partial charge < -0.3 is 0 Å². The molecule has 1 radical (unpaired) electrons. The van der Waals surface area contributed by atoms with Gasteiger partial charge in [-0.25, -0.2) is 5.32 Å². The van der Waals surface area contributed by atoms with Crippen molar-refractivity contribution >= 4 is 11.7 Å². The third-order valence-electron chi connectivity index (χ3n) is 2.89. The van der Waals surface area contributed by atoms with Crippen LogP contribution in [0.2, 0.25) is 0 Å². The van der Waals surface area contributed by atoms with Crippen LogP contribution in [0.25, 0.3) is 0 Å². The third kappa shape index (κ3) is 2.85. The molecule has 0 amide bonds. The van der Waals surface area contributed by atoms with Gasteiger partial charge >= 0.3 is 0 Å². The van der Waals surface area contributed by atoms with Gasteiger partial charge in [-0.2, -0.15) is 0 Å². The number of hydrogen-bond acceptors (Lipinski definition) is 3. The Morgan fingerprint density at radius 2 is 1.74 bits per heavy atom. The predicted octanol–water partition coefficient (Wildman–Crippen LogP) is 2.39. The first-order valence-corrected chi connectivity index (χ1v) is 6.22. The molecule has 2 heterocycles. The second-order valence-electron chi connectivity index (χ2n) is 4.28. The van der Waals surface area contributed by atoms with E-state index in [1.165, 1.54) is 5.56 Å². The van der Waals surface area contributed by atoms with Gasteiger partial charge in [-0.1, -0.05) is 30.3 Å². The molecule has 1 aromatic heterocycles. The molecule has 2 aromatic rings. The minimum absolute atomic E-state index is 0.649. The molecule has 4 nitrogen and oxygen atoms in total. The summed E-state index contributed by atoms with van der Waals surface area (Å²) in [5, 5.41) is 12.6. The van der Waals surface area contributed by atoms with Gasteiger partial charge in [0, 0.05) is 24.4 Å². The molecule has 0 saturated heterocycles. The number of amidine groups is 2. The van der Waals surface area contributed by atoms with Crippen molar-refractivity contribution in [3.8, 4) is 0 Å². The zero-order chi connectivity index (χ0) is 12.9. The van der Waals surface area contributed by atoms with E-state index in [0.29, 0.717) is 5.84 Å². The summed E-state index contributed by atoms with van der Waals surface area (Å²) in [5.41, 5.74) is 2.19. The minimum Gasteiger partial charge on any atom is -0.264 e. The SMILES string of the molecule is c1ccc(CCC2=NN=C(c3cccnc3)[N]2)cc1. The molecular weight excluding hydrogens is 236 g/mol. The van der Waals surface area contributed by atoms with Gasteiger partial charge in [0.2, 0.25) is 0 Å². The minimum atomic E-state index is 0.649. The van der Waals surface area contributed by atoms with E-state index in [2.05, 4.69) is 32.6 Å². The lowest BCUT2D eigenvalue weighted by atomic mass is 10.1. The van der Waals surface area contributed by atoms with E-state index < -0.39 is 0 Å². The van der Waals surface area contributed by atoms with E-state index in [1.807, 2.05) is 30.3 Å². The van der Waals surface area contributed by atoms with Crippen LogP contribution in [0.15, 0.2) is 65.1 Å². The molecule has 0 aliphatic carbocycles. The van der Waals surface area contributed by atoms with Crippen LogP contribution in [-0.2, 0) is 6.42 Å². The fraction of sp³-hybridized carbons (Fsp3) is 0.133. The lowest BCUT2D eigenvalue weighted by Crippen LogP contribution is -2.19. The number of aryl methyl sites for hydroxylation is 1. The molecule has 0 atom stereocenters. The van der Waals surface area contributed by atoms with Crippen molar-refractivity contribution in [3.63, 3.8) is 0 Å². The van der Waals surface area contributed by atoms with Crippen LogP contribution in [0, 0.1) is 0 Å². The van der Waals surface area contributed by atoms with Crippen molar-refractivity contribution in [1.29, 1.82) is 0 Å². The number of hydrogen-bond donors (Lipinski definition) is 0. The largest absolute Gasteiger partial charge is 0.264 e. The molecule has 4 heteroatoms. The molecule has 0 bridgehead atoms. The molecule has 93 valence electrons.